The van der Waals surface area contributed by atoms with Crippen LogP contribution in [0.2, 0.25) is 0 Å². The molecule has 44 heavy (non-hydrogen) atoms. The highest BCUT2D eigenvalue weighted by molar-refractivity contribution is 6.04. The third-order valence-electron chi connectivity index (χ3n) is 8.12. The van der Waals surface area contributed by atoms with Gasteiger partial charge >= 0.3 is 5.97 Å². The molecule has 220 valence electrons. The van der Waals surface area contributed by atoms with Crippen molar-refractivity contribution in [1.82, 2.24) is 0 Å². The van der Waals surface area contributed by atoms with Gasteiger partial charge in [0.05, 0.1) is 25.9 Å². The number of carbonyl (C=O) groups is 1. The first-order chi connectivity index (χ1) is 21.4. The standard InChI is InChI=1S/C39H35NO4/c1-5-27-11-13-28(14-12-27)25-43-26-29-15-18-32(19-16-29)39(31-9-7-6-8-10-31)22-21-34-36(38(41)42-4)23-30-17-20-33(40(2)3)24-35(30)37(34)44-39/h5-24H,1,25-26H2,2-4H3. The Kier molecular flexibility index (Phi) is 8.05. The highest BCUT2D eigenvalue weighted by atomic mass is 16.5. The van der Waals surface area contributed by atoms with E-state index in [2.05, 4.69) is 66.1 Å². The van der Waals surface area contributed by atoms with E-state index in [9.17, 15) is 4.79 Å². The van der Waals surface area contributed by atoms with Crippen LogP contribution in [0.3, 0.4) is 0 Å². The van der Waals surface area contributed by atoms with Crippen molar-refractivity contribution in [2.75, 3.05) is 26.1 Å². The van der Waals surface area contributed by atoms with Gasteiger partial charge in [-0.15, -0.1) is 0 Å². The maximum absolute atomic E-state index is 12.9. The van der Waals surface area contributed by atoms with Crippen LogP contribution in [0.5, 0.6) is 5.75 Å². The first-order valence-corrected chi connectivity index (χ1v) is 14.6. The number of hydrogen-bond acceptors (Lipinski definition) is 5. The Morgan fingerprint density at radius 3 is 2.16 bits per heavy atom. The molecular formula is C39H35NO4. The molecule has 6 rings (SSSR count). The topological polar surface area (TPSA) is 48.0 Å². The van der Waals surface area contributed by atoms with Crippen LogP contribution in [-0.2, 0) is 28.3 Å². The number of carbonyl (C=O) groups excluding carboxylic acids is 1. The third kappa shape index (κ3) is 5.50. The van der Waals surface area contributed by atoms with Crippen molar-refractivity contribution in [2.45, 2.75) is 18.8 Å². The van der Waals surface area contributed by atoms with Crippen molar-refractivity contribution in [3.63, 3.8) is 0 Å². The lowest BCUT2D eigenvalue weighted by Crippen LogP contribution is -2.34. The van der Waals surface area contributed by atoms with Crippen molar-refractivity contribution in [3.05, 3.63) is 155 Å². The highest BCUT2D eigenvalue weighted by Gasteiger charge is 2.39. The summed E-state index contributed by atoms with van der Waals surface area (Å²) in [6.45, 7) is 4.83. The average molecular weight is 582 g/mol. The molecule has 1 heterocycles. The van der Waals surface area contributed by atoms with Crippen LogP contribution in [0.25, 0.3) is 22.9 Å². The summed E-state index contributed by atoms with van der Waals surface area (Å²) in [5.41, 5.74) is 6.51. The van der Waals surface area contributed by atoms with E-state index in [4.69, 9.17) is 14.2 Å². The predicted molar refractivity (Wildman–Crippen MR) is 178 cm³/mol. The van der Waals surface area contributed by atoms with Crippen LogP contribution >= 0.6 is 0 Å². The molecule has 5 heteroatoms. The molecule has 0 aliphatic carbocycles. The summed E-state index contributed by atoms with van der Waals surface area (Å²) >= 11 is 0. The molecule has 5 aromatic rings. The molecule has 0 saturated heterocycles. The Hall–Kier alpha value is -5.13. The van der Waals surface area contributed by atoms with Crippen molar-refractivity contribution in [3.8, 4) is 5.75 Å². The van der Waals surface area contributed by atoms with Gasteiger partial charge in [-0.25, -0.2) is 4.79 Å². The van der Waals surface area contributed by atoms with Crippen molar-refractivity contribution in [1.29, 1.82) is 0 Å². The van der Waals surface area contributed by atoms with Crippen LogP contribution in [0, 0.1) is 0 Å². The summed E-state index contributed by atoms with van der Waals surface area (Å²) in [6.07, 6.45) is 5.87. The van der Waals surface area contributed by atoms with Gasteiger partial charge in [0.2, 0.25) is 0 Å². The number of nitrogens with zero attached hydrogens (tertiary/aromatic N) is 1. The van der Waals surface area contributed by atoms with Crippen LogP contribution in [-0.4, -0.2) is 27.2 Å². The molecule has 1 unspecified atom stereocenters. The van der Waals surface area contributed by atoms with Crippen molar-refractivity contribution < 1.29 is 19.0 Å². The van der Waals surface area contributed by atoms with Gasteiger partial charge in [-0.2, -0.15) is 0 Å². The van der Waals surface area contributed by atoms with Gasteiger partial charge in [-0.1, -0.05) is 97.6 Å². The second-order valence-corrected chi connectivity index (χ2v) is 11.1. The fourth-order valence-corrected chi connectivity index (χ4v) is 5.64. The normalized spacial score (nSPS) is 15.3. The highest BCUT2D eigenvalue weighted by Crippen LogP contribution is 2.47. The Morgan fingerprint density at radius 2 is 1.52 bits per heavy atom. The van der Waals surface area contributed by atoms with Crippen LogP contribution in [0.15, 0.2) is 116 Å². The SMILES string of the molecule is C=Cc1ccc(COCc2ccc(C3(c4ccccc4)C=Cc4c(C(=O)OC)cc5ccc(N(C)C)cc5c4O3)cc2)cc1. The number of methoxy groups -OCH3 is 1. The smallest absolute Gasteiger partial charge is 0.338 e. The zero-order valence-electron chi connectivity index (χ0n) is 25.2. The molecule has 0 saturated carbocycles. The van der Waals surface area contributed by atoms with Gasteiger partial charge in [-0.05, 0) is 52.4 Å². The predicted octanol–water partition coefficient (Wildman–Crippen LogP) is 8.40. The van der Waals surface area contributed by atoms with Crippen LogP contribution < -0.4 is 9.64 Å². The summed E-state index contributed by atoms with van der Waals surface area (Å²) in [5, 5.41) is 1.83. The van der Waals surface area contributed by atoms with Gasteiger partial charge < -0.3 is 19.1 Å². The Balaban J connectivity index is 1.38. The maximum Gasteiger partial charge on any atom is 0.338 e. The van der Waals surface area contributed by atoms with Gasteiger partial charge in [0.15, 0.2) is 5.60 Å². The second-order valence-electron chi connectivity index (χ2n) is 11.1. The van der Waals surface area contributed by atoms with Gasteiger partial charge in [-0.3, -0.25) is 0 Å². The Morgan fingerprint density at radius 1 is 0.864 bits per heavy atom. The molecule has 1 aliphatic rings. The van der Waals surface area contributed by atoms with E-state index >= 15 is 0 Å². The number of hydrogen-bond donors (Lipinski definition) is 0. The minimum atomic E-state index is -0.920. The minimum absolute atomic E-state index is 0.402. The Labute approximate surface area is 258 Å². The van der Waals surface area contributed by atoms with E-state index in [0.717, 1.165) is 44.3 Å². The molecule has 0 bridgehead atoms. The van der Waals surface area contributed by atoms with E-state index in [0.29, 0.717) is 30.1 Å². The average Bonchev–Trinajstić information content (AvgIpc) is 3.08. The first kappa shape index (κ1) is 29.0. The van der Waals surface area contributed by atoms with Crippen LogP contribution in [0.1, 0.15) is 43.7 Å². The van der Waals surface area contributed by atoms with E-state index in [-0.39, 0.29) is 0 Å². The zero-order valence-corrected chi connectivity index (χ0v) is 25.2. The molecule has 0 spiro atoms. The molecule has 0 amide bonds. The largest absolute Gasteiger partial charge is 0.472 e. The zero-order chi connectivity index (χ0) is 30.7. The Bertz CT molecular complexity index is 1840. The third-order valence-corrected chi connectivity index (χ3v) is 8.12. The first-order valence-electron chi connectivity index (χ1n) is 14.6. The second kappa shape index (κ2) is 12.2. The van der Waals surface area contributed by atoms with Crippen LogP contribution in [0.4, 0.5) is 5.69 Å². The van der Waals surface area contributed by atoms with E-state index < -0.39 is 11.6 Å². The number of anilines is 1. The van der Waals surface area contributed by atoms with Gasteiger partial charge in [0.25, 0.3) is 0 Å². The summed E-state index contributed by atoms with van der Waals surface area (Å²) in [4.78, 5) is 15.0. The molecule has 0 radical (unpaired) electrons. The molecular weight excluding hydrogens is 546 g/mol. The maximum atomic E-state index is 12.9. The summed E-state index contributed by atoms with van der Waals surface area (Å²) in [5.74, 6) is 0.245. The lowest BCUT2D eigenvalue weighted by Gasteiger charge is -2.37. The van der Waals surface area contributed by atoms with Gasteiger partial charge in [0, 0.05) is 41.9 Å². The van der Waals surface area contributed by atoms with E-state index in [1.54, 1.807) is 0 Å². The fourth-order valence-electron chi connectivity index (χ4n) is 5.64. The van der Waals surface area contributed by atoms with Gasteiger partial charge in [0.1, 0.15) is 5.75 Å². The summed E-state index contributed by atoms with van der Waals surface area (Å²) in [7, 11) is 5.42. The number of esters is 1. The molecule has 0 aromatic heterocycles. The fraction of sp³-hybridized carbons (Fsp3) is 0.154. The molecule has 5 aromatic carbocycles. The molecule has 5 nitrogen and oxygen atoms in total. The minimum Gasteiger partial charge on any atom is -0.472 e. The lowest BCUT2D eigenvalue weighted by atomic mass is 9.82. The van der Waals surface area contributed by atoms with E-state index in [1.807, 2.05) is 80.9 Å². The lowest BCUT2D eigenvalue weighted by molar-refractivity contribution is 0.0599. The number of rotatable bonds is 9. The monoisotopic (exact) mass is 581 g/mol. The number of ether oxygens (including phenoxy) is 3. The molecule has 0 fully saturated rings. The summed E-state index contributed by atoms with van der Waals surface area (Å²) in [6, 6.07) is 34.8. The molecule has 1 atom stereocenters. The quantitative estimate of drug-likeness (QED) is 0.164. The van der Waals surface area contributed by atoms with Crippen molar-refractivity contribution in [2.24, 2.45) is 0 Å². The van der Waals surface area contributed by atoms with Crippen molar-refractivity contribution >= 4 is 34.6 Å². The molecule has 1 aliphatic heterocycles. The number of benzene rings is 5. The number of fused-ring (bicyclic) bond motifs is 3. The molecule has 0 N–H and O–H groups in total. The summed E-state index contributed by atoms with van der Waals surface area (Å²) < 4.78 is 18.3. The van der Waals surface area contributed by atoms with E-state index in [1.165, 1.54) is 7.11 Å².